The lowest BCUT2D eigenvalue weighted by molar-refractivity contribution is -0.122. The van der Waals surface area contributed by atoms with Gasteiger partial charge in [-0.2, -0.15) is 0 Å². The number of thioether (sulfide) groups is 1. The number of hydrazine groups is 1. The van der Waals surface area contributed by atoms with Crippen LogP contribution in [0.5, 0.6) is 0 Å². The van der Waals surface area contributed by atoms with Crippen molar-refractivity contribution in [2.24, 2.45) is 5.84 Å². The standard InChI is InChI=1S/C14H16N2OS2/c1-10(14(17)16-15)12-6-4-11(5-7-12)9-19-13-3-2-8-18-13/h2-8,10H,9,15H2,1H3,(H,16,17). The minimum absolute atomic E-state index is 0.166. The Balaban J connectivity index is 1.96. The molecule has 3 nitrogen and oxygen atoms in total. The average molecular weight is 292 g/mol. The van der Waals surface area contributed by atoms with Crippen molar-refractivity contribution >= 4 is 29.0 Å². The van der Waals surface area contributed by atoms with Crippen LogP contribution in [0.25, 0.3) is 0 Å². The number of rotatable bonds is 5. The van der Waals surface area contributed by atoms with Crippen LogP contribution in [0, 0.1) is 0 Å². The Morgan fingerprint density at radius 1 is 1.37 bits per heavy atom. The number of hydrogen-bond acceptors (Lipinski definition) is 4. The van der Waals surface area contributed by atoms with Crippen LogP contribution in [0.15, 0.2) is 46.0 Å². The van der Waals surface area contributed by atoms with Gasteiger partial charge in [-0.1, -0.05) is 30.3 Å². The van der Waals surface area contributed by atoms with Gasteiger partial charge in [-0.05, 0) is 29.5 Å². The number of nitrogens with two attached hydrogens (primary N) is 1. The largest absolute Gasteiger partial charge is 0.294 e. The molecule has 0 aliphatic heterocycles. The third kappa shape index (κ3) is 3.83. The van der Waals surface area contributed by atoms with Crippen molar-refractivity contribution < 1.29 is 4.79 Å². The molecule has 1 amide bonds. The van der Waals surface area contributed by atoms with Crippen LogP contribution in [-0.2, 0) is 10.5 Å². The molecule has 19 heavy (non-hydrogen) atoms. The lowest BCUT2D eigenvalue weighted by Gasteiger charge is -2.10. The zero-order valence-electron chi connectivity index (χ0n) is 10.6. The van der Waals surface area contributed by atoms with Crippen molar-refractivity contribution in [2.75, 3.05) is 0 Å². The van der Waals surface area contributed by atoms with Gasteiger partial charge in [-0.15, -0.1) is 23.1 Å². The number of carbonyl (C=O) groups is 1. The van der Waals surface area contributed by atoms with Gasteiger partial charge in [0.25, 0.3) is 0 Å². The van der Waals surface area contributed by atoms with Crippen LogP contribution in [0.3, 0.4) is 0 Å². The van der Waals surface area contributed by atoms with E-state index in [-0.39, 0.29) is 11.8 Å². The molecule has 1 aromatic carbocycles. The quantitative estimate of drug-likeness (QED) is 0.385. The lowest BCUT2D eigenvalue weighted by atomic mass is 10.00. The zero-order chi connectivity index (χ0) is 13.7. The van der Waals surface area contributed by atoms with Gasteiger partial charge >= 0.3 is 0 Å². The molecule has 0 saturated heterocycles. The normalized spacial score (nSPS) is 12.1. The molecule has 2 rings (SSSR count). The first-order valence-electron chi connectivity index (χ1n) is 5.96. The van der Waals surface area contributed by atoms with Gasteiger partial charge < -0.3 is 0 Å². The van der Waals surface area contributed by atoms with Crippen molar-refractivity contribution in [3.63, 3.8) is 0 Å². The smallest absolute Gasteiger partial charge is 0.241 e. The van der Waals surface area contributed by atoms with E-state index in [0.29, 0.717) is 0 Å². The first-order valence-corrected chi connectivity index (χ1v) is 7.83. The number of carbonyl (C=O) groups excluding carboxylic acids is 1. The molecule has 100 valence electrons. The van der Waals surface area contributed by atoms with Crippen molar-refractivity contribution in [2.45, 2.75) is 22.8 Å². The van der Waals surface area contributed by atoms with E-state index in [1.165, 1.54) is 9.77 Å². The molecule has 3 N–H and O–H groups in total. The summed E-state index contributed by atoms with van der Waals surface area (Å²) in [5.41, 5.74) is 4.41. The molecule has 0 aliphatic carbocycles. The maximum absolute atomic E-state index is 11.4. The Labute approximate surface area is 121 Å². The fraction of sp³-hybridized carbons (Fsp3) is 0.214. The summed E-state index contributed by atoms with van der Waals surface area (Å²) in [5.74, 6) is 5.70. The Bertz CT molecular complexity index is 523. The molecule has 1 aromatic heterocycles. The predicted molar refractivity (Wildman–Crippen MR) is 81.1 cm³/mol. The van der Waals surface area contributed by atoms with E-state index in [2.05, 4.69) is 35.1 Å². The van der Waals surface area contributed by atoms with Crippen LogP contribution >= 0.6 is 23.1 Å². The maximum atomic E-state index is 11.4. The number of thiophene rings is 1. The Morgan fingerprint density at radius 2 is 2.11 bits per heavy atom. The van der Waals surface area contributed by atoms with Gasteiger partial charge in [0, 0.05) is 5.75 Å². The van der Waals surface area contributed by atoms with Crippen LogP contribution in [0.1, 0.15) is 24.0 Å². The molecule has 0 saturated carbocycles. The van der Waals surface area contributed by atoms with E-state index in [9.17, 15) is 4.79 Å². The van der Waals surface area contributed by atoms with E-state index in [1.807, 2.05) is 30.8 Å². The summed E-state index contributed by atoms with van der Waals surface area (Å²) >= 11 is 3.58. The molecular formula is C14H16N2OS2. The molecule has 2 aromatic rings. The highest BCUT2D eigenvalue weighted by Crippen LogP contribution is 2.27. The van der Waals surface area contributed by atoms with Gasteiger partial charge in [0.1, 0.15) is 0 Å². The van der Waals surface area contributed by atoms with Crippen molar-refractivity contribution in [3.05, 3.63) is 52.9 Å². The molecule has 1 unspecified atom stereocenters. The highest BCUT2D eigenvalue weighted by molar-refractivity contribution is 8.00. The molecule has 0 spiro atoms. The second-order valence-electron chi connectivity index (χ2n) is 4.19. The average Bonchev–Trinajstić information content (AvgIpc) is 2.97. The molecular weight excluding hydrogens is 276 g/mol. The molecule has 0 radical (unpaired) electrons. The van der Waals surface area contributed by atoms with E-state index >= 15 is 0 Å². The third-order valence-corrected chi connectivity index (χ3v) is 5.09. The second kappa shape index (κ2) is 6.75. The van der Waals surface area contributed by atoms with Crippen LogP contribution in [-0.4, -0.2) is 5.91 Å². The zero-order valence-corrected chi connectivity index (χ0v) is 12.3. The second-order valence-corrected chi connectivity index (χ2v) is 6.42. The van der Waals surface area contributed by atoms with Crippen molar-refractivity contribution in [1.29, 1.82) is 0 Å². The summed E-state index contributed by atoms with van der Waals surface area (Å²) in [5, 5.41) is 2.08. The topological polar surface area (TPSA) is 55.1 Å². The fourth-order valence-electron chi connectivity index (χ4n) is 1.68. The highest BCUT2D eigenvalue weighted by Gasteiger charge is 2.13. The molecule has 1 atom stereocenters. The highest BCUT2D eigenvalue weighted by atomic mass is 32.2. The van der Waals surface area contributed by atoms with E-state index in [0.717, 1.165) is 11.3 Å². The van der Waals surface area contributed by atoms with E-state index in [4.69, 9.17) is 5.84 Å². The number of nitrogens with one attached hydrogen (secondary N) is 1. The van der Waals surface area contributed by atoms with Crippen molar-refractivity contribution in [3.8, 4) is 0 Å². The van der Waals surface area contributed by atoms with Gasteiger partial charge in [0.05, 0.1) is 10.1 Å². The van der Waals surface area contributed by atoms with Gasteiger partial charge in [0.15, 0.2) is 0 Å². The summed E-state index contributed by atoms with van der Waals surface area (Å²) in [6.45, 7) is 1.84. The van der Waals surface area contributed by atoms with Crippen LogP contribution in [0.4, 0.5) is 0 Å². The maximum Gasteiger partial charge on any atom is 0.241 e. The molecule has 0 fully saturated rings. The number of hydrogen-bond donors (Lipinski definition) is 2. The number of amides is 1. The predicted octanol–water partition coefficient (Wildman–Crippen LogP) is 3.13. The van der Waals surface area contributed by atoms with Gasteiger partial charge in [-0.25, -0.2) is 5.84 Å². The summed E-state index contributed by atoms with van der Waals surface area (Å²) in [6, 6.07) is 12.3. The fourth-order valence-corrected chi connectivity index (χ4v) is 3.42. The first kappa shape index (κ1) is 14.1. The van der Waals surface area contributed by atoms with Crippen LogP contribution < -0.4 is 11.3 Å². The Morgan fingerprint density at radius 3 is 2.68 bits per heavy atom. The minimum atomic E-state index is -0.219. The Hall–Kier alpha value is -1.30. The van der Waals surface area contributed by atoms with E-state index in [1.54, 1.807) is 11.3 Å². The third-order valence-electron chi connectivity index (χ3n) is 2.89. The number of benzene rings is 1. The summed E-state index contributed by atoms with van der Waals surface area (Å²) in [6.07, 6.45) is 0. The summed E-state index contributed by atoms with van der Waals surface area (Å²) < 4.78 is 1.32. The SMILES string of the molecule is CC(C(=O)NN)c1ccc(CSc2cccs2)cc1. The Kier molecular flexibility index (Phi) is 5.01. The first-order chi connectivity index (χ1) is 9.20. The molecule has 0 bridgehead atoms. The summed E-state index contributed by atoms with van der Waals surface area (Å²) in [7, 11) is 0. The molecule has 5 heteroatoms. The van der Waals surface area contributed by atoms with Crippen LogP contribution in [0.2, 0.25) is 0 Å². The lowest BCUT2D eigenvalue weighted by Crippen LogP contribution is -2.33. The van der Waals surface area contributed by atoms with Gasteiger partial charge in [-0.3, -0.25) is 10.2 Å². The minimum Gasteiger partial charge on any atom is -0.294 e. The van der Waals surface area contributed by atoms with Gasteiger partial charge in [0.2, 0.25) is 5.91 Å². The monoisotopic (exact) mass is 292 g/mol. The molecule has 1 heterocycles. The molecule has 0 aliphatic rings. The van der Waals surface area contributed by atoms with E-state index < -0.39 is 0 Å². The van der Waals surface area contributed by atoms with Crippen molar-refractivity contribution in [1.82, 2.24) is 5.43 Å². The summed E-state index contributed by atoms with van der Waals surface area (Å²) in [4.78, 5) is 11.4.